The van der Waals surface area contributed by atoms with Crippen LogP contribution in [0, 0.1) is 5.92 Å². The number of rotatable bonds is 14. The van der Waals surface area contributed by atoms with Gasteiger partial charge in [-0.25, -0.2) is 4.79 Å². The lowest BCUT2D eigenvalue weighted by Crippen LogP contribution is -2.53. The van der Waals surface area contributed by atoms with Gasteiger partial charge in [-0.2, -0.15) is 0 Å². The van der Waals surface area contributed by atoms with Crippen LogP contribution in [0.4, 0.5) is 16.2 Å². The first kappa shape index (κ1) is 35.4. The number of nitrogens with zero attached hydrogens (tertiary/aromatic N) is 1. The zero-order valence-electron chi connectivity index (χ0n) is 28.9. The summed E-state index contributed by atoms with van der Waals surface area (Å²) >= 11 is 0. The molecule has 3 aliphatic rings. The number of carbonyl (C=O) groups excluding carboxylic acids is 3. The molecule has 0 unspecified atom stereocenters. The molecule has 3 aromatic carbocycles. The van der Waals surface area contributed by atoms with Crippen LogP contribution in [-0.2, 0) is 19.1 Å². The van der Waals surface area contributed by atoms with Crippen LogP contribution in [0.3, 0.4) is 0 Å². The molecule has 266 valence electrons. The van der Waals surface area contributed by atoms with Crippen molar-refractivity contribution in [3.63, 3.8) is 0 Å². The molecule has 1 saturated carbocycles. The molecule has 1 saturated heterocycles. The van der Waals surface area contributed by atoms with Crippen molar-refractivity contribution < 1.29 is 23.9 Å². The Morgan fingerprint density at radius 3 is 2.22 bits per heavy atom. The van der Waals surface area contributed by atoms with E-state index in [-0.39, 0.29) is 24.3 Å². The molecule has 50 heavy (non-hydrogen) atoms. The summed E-state index contributed by atoms with van der Waals surface area (Å²) in [5.74, 6) is -0.455. The Kier molecular flexibility index (Phi) is 12.4. The van der Waals surface area contributed by atoms with E-state index in [4.69, 9.17) is 15.2 Å². The van der Waals surface area contributed by atoms with Gasteiger partial charge >= 0.3 is 6.09 Å². The van der Waals surface area contributed by atoms with Crippen molar-refractivity contribution in [1.29, 1.82) is 0 Å². The highest BCUT2D eigenvalue weighted by molar-refractivity contribution is 5.98. The van der Waals surface area contributed by atoms with Crippen LogP contribution in [0.15, 0.2) is 72.8 Å². The lowest BCUT2D eigenvalue weighted by molar-refractivity contribution is -0.128. The lowest BCUT2D eigenvalue weighted by Gasteiger charge is -2.29. The van der Waals surface area contributed by atoms with E-state index in [1.165, 1.54) is 6.42 Å². The van der Waals surface area contributed by atoms with Crippen molar-refractivity contribution in [2.45, 2.75) is 75.8 Å². The Balaban J connectivity index is 1.13. The number of alkyl carbamates (subject to hydrolysis) is 1. The summed E-state index contributed by atoms with van der Waals surface area (Å²) in [6.45, 7) is 3.56. The first-order valence-corrected chi connectivity index (χ1v) is 18.4. The molecule has 1 heterocycles. The fraction of sp³-hybridized carbons (Fsp3) is 0.475. The zero-order chi connectivity index (χ0) is 34.7. The number of amides is 3. The summed E-state index contributed by atoms with van der Waals surface area (Å²) in [4.78, 5) is 43.3. The van der Waals surface area contributed by atoms with Crippen LogP contribution in [0.1, 0.15) is 74.8 Å². The van der Waals surface area contributed by atoms with Crippen LogP contribution in [0.2, 0.25) is 0 Å². The molecule has 1 aliphatic heterocycles. The summed E-state index contributed by atoms with van der Waals surface area (Å²) in [5, 5.41) is 8.93. The van der Waals surface area contributed by atoms with E-state index in [0.717, 1.165) is 73.1 Å². The van der Waals surface area contributed by atoms with Gasteiger partial charge in [0.1, 0.15) is 18.7 Å². The van der Waals surface area contributed by atoms with Crippen LogP contribution in [0.5, 0.6) is 0 Å². The summed E-state index contributed by atoms with van der Waals surface area (Å²) in [7, 11) is 0. The molecule has 6 rings (SSSR count). The van der Waals surface area contributed by atoms with Crippen molar-refractivity contribution in [2.24, 2.45) is 11.7 Å². The molecule has 0 radical (unpaired) electrons. The van der Waals surface area contributed by atoms with Gasteiger partial charge in [-0.1, -0.05) is 86.7 Å². The highest BCUT2D eigenvalue weighted by atomic mass is 16.5. The van der Waals surface area contributed by atoms with Gasteiger partial charge in [0.05, 0.1) is 13.2 Å². The highest BCUT2D eigenvalue weighted by Gasteiger charge is 2.32. The minimum atomic E-state index is -0.830. The Hall–Kier alpha value is -4.41. The van der Waals surface area contributed by atoms with Crippen molar-refractivity contribution in [2.75, 3.05) is 49.7 Å². The summed E-state index contributed by atoms with van der Waals surface area (Å²) in [6.07, 6.45) is 7.12. The molecule has 0 aromatic heterocycles. The topological polar surface area (TPSA) is 135 Å². The minimum absolute atomic E-state index is 0.0869. The normalized spacial score (nSPS) is 17.3. The summed E-state index contributed by atoms with van der Waals surface area (Å²) < 4.78 is 11.3. The third kappa shape index (κ3) is 9.03. The Morgan fingerprint density at radius 2 is 1.52 bits per heavy atom. The molecule has 3 aromatic rings. The van der Waals surface area contributed by atoms with Crippen LogP contribution in [0.25, 0.3) is 11.1 Å². The molecule has 10 heteroatoms. The average Bonchev–Trinajstić information content (AvgIpc) is 3.47. The Labute approximate surface area is 295 Å². The number of hydrogen-bond donors (Lipinski definition) is 4. The largest absolute Gasteiger partial charge is 0.449 e. The van der Waals surface area contributed by atoms with Crippen molar-refractivity contribution >= 4 is 29.3 Å². The number of fused-ring (bicyclic) bond motifs is 3. The Morgan fingerprint density at radius 1 is 0.820 bits per heavy atom. The maximum Gasteiger partial charge on any atom is 0.407 e. The van der Waals surface area contributed by atoms with Crippen molar-refractivity contribution in [3.8, 4) is 11.1 Å². The second kappa shape index (κ2) is 17.5. The quantitative estimate of drug-likeness (QED) is 0.155. The second-order valence-corrected chi connectivity index (χ2v) is 13.7. The lowest BCUT2D eigenvalue weighted by atomic mass is 9.84. The number of nitrogens with one attached hydrogen (secondary N) is 3. The van der Waals surface area contributed by atoms with Gasteiger partial charge in [-0.15, -0.1) is 0 Å². The van der Waals surface area contributed by atoms with Crippen molar-refractivity contribution in [1.82, 2.24) is 10.6 Å². The molecule has 2 aliphatic carbocycles. The first-order chi connectivity index (χ1) is 24.5. The fourth-order valence-corrected chi connectivity index (χ4v) is 7.64. The van der Waals surface area contributed by atoms with E-state index in [1.807, 2.05) is 48.5 Å². The molecule has 2 atom stereocenters. The monoisotopic (exact) mass is 681 g/mol. The predicted molar refractivity (Wildman–Crippen MR) is 196 cm³/mol. The van der Waals surface area contributed by atoms with Crippen molar-refractivity contribution in [3.05, 3.63) is 83.9 Å². The number of anilines is 2. The van der Waals surface area contributed by atoms with E-state index < -0.39 is 18.2 Å². The molecule has 0 bridgehead atoms. The van der Waals surface area contributed by atoms with E-state index in [9.17, 15) is 14.4 Å². The standard InChI is InChI=1S/C40H51N5O5/c41-20-9-8-19-36(38(46)42-29-13-10-14-30(26-29)45-21-23-49-24-22-45)43-39(47)37(25-28-11-2-1-3-12-28)44-40(48)50-27-35-33-17-6-4-15-31(33)32-16-5-7-18-34(32)35/h4-7,10,13-18,26,28,35-37H,1-3,8-9,11-12,19-25,27,41H2,(H,42,46)(H,43,47)(H,44,48)/t36-,37-/m0/s1. The second-order valence-electron chi connectivity index (χ2n) is 13.7. The number of morpholine rings is 1. The maximum atomic E-state index is 14.0. The van der Waals surface area contributed by atoms with Crippen LogP contribution < -0.4 is 26.6 Å². The number of hydrogen-bond acceptors (Lipinski definition) is 7. The van der Waals surface area contributed by atoms with E-state index in [1.54, 1.807) is 0 Å². The van der Waals surface area contributed by atoms with Gasteiger partial charge in [0, 0.05) is 30.4 Å². The van der Waals surface area contributed by atoms with E-state index >= 15 is 0 Å². The van der Waals surface area contributed by atoms with Gasteiger partial charge < -0.3 is 36.1 Å². The average molecular weight is 682 g/mol. The minimum Gasteiger partial charge on any atom is -0.449 e. The zero-order valence-corrected chi connectivity index (χ0v) is 28.9. The summed E-state index contributed by atoms with van der Waals surface area (Å²) in [6, 6.07) is 22.5. The number of unbranched alkanes of at least 4 members (excludes halogenated alkanes) is 1. The van der Waals surface area contributed by atoms with Gasteiger partial charge in [0.25, 0.3) is 0 Å². The highest BCUT2D eigenvalue weighted by Crippen LogP contribution is 2.44. The molecular weight excluding hydrogens is 630 g/mol. The van der Waals surface area contributed by atoms with Crippen LogP contribution >= 0.6 is 0 Å². The van der Waals surface area contributed by atoms with Gasteiger partial charge in [-0.3, -0.25) is 9.59 Å². The maximum absolute atomic E-state index is 14.0. The summed E-state index contributed by atoms with van der Waals surface area (Å²) in [5.41, 5.74) is 12.0. The Bertz CT molecular complexity index is 1560. The van der Waals surface area contributed by atoms with E-state index in [0.29, 0.717) is 50.6 Å². The van der Waals surface area contributed by atoms with E-state index in [2.05, 4.69) is 45.1 Å². The number of carbonyl (C=O) groups is 3. The number of benzene rings is 3. The molecule has 3 amide bonds. The smallest absolute Gasteiger partial charge is 0.407 e. The van der Waals surface area contributed by atoms with Gasteiger partial charge in [-0.05, 0) is 78.6 Å². The van der Waals surface area contributed by atoms with Gasteiger partial charge in [0.2, 0.25) is 11.8 Å². The third-order valence-corrected chi connectivity index (χ3v) is 10.3. The molecule has 10 nitrogen and oxygen atoms in total. The fourth-order valence-electron chi connectivity index (χ4n) is 7.64. The molecule has 2 fully saturated rings. The first-order valence-electron chi connectivity index (χ1n) is 18.4. The number of ether oxygens (including phenoxy) is 2. The van der Waals surface area contributed by atoms with Crippen LogP contribution in [-0.4, -0.2) is 69.4 Å². The SMILES string of the molecule is NCCCC[C@H](NC(=O)[C@H](CC1CCCCC1)NC(=O)OCC1c2ccccc2-c2ccccc21)C(=O)Nc1cccc(N2CCOCC2)c1. The number of nitrogens with two attached hydrogens (primary N) is 1. The molecular formula is C40H51N5O5. The molecule has 5 N–H and O–H groups in total. The van der Waals surface area contributed by atoms with Gasteiger partial charge in [0.15, 0.2) is 0 Å². The third-order valence-electron chi connectivity index (χ3n) is 10.3. The predicted octanol–water partition coefficient (Wildman–Crippen LogP) is 5.95. The molecule has 0 spiro atoms.